The number of unbranched alkanes of at least 4 members (excludes halogenated alkanes) is 27. The van der Waals surface area contributed by atoms with E-state index >= 15 is 0 Å². The molecule has 0 aromatic heterocycles. The van der Waals surface area contributed by atoms with Crippen molar-refractivity contribution < 1.29 is 58.2 Å². The monoisotopic (exact) mass is 1060 g/mol. The van der Waals surface area contributed by atoms with Crippen LogP contribution < -0.4 is 0 Å². The summed E-state index contributed by atoms with van der Waals surface area (Å²) >= 11 is 0. The summed E-state index contributed by atoms with van der Waals surface area (Å²) in [6.07, 6.45) is 50.5. The Labute approximate surface area is 456 Å². The lowest BCUT2D eigenvalue weighted by Crippen LogP contribution is -2.61. The Morgan fingerprint density at radius 3 is 1.29 bits per heavy atom. The number of carboxylic acid groups (broad SMARTS) is 1. The van der Waals surface area contributed by atoms with Gasteiger partial charge in [0.25, 0.3) is 0 Å². The average Bonchev–Trinajstić information content (AvgIpc) is 3.39. The first-order chi connectivity index (χ1) is 36.6. The summed E-state index contributed by atoms with van der Waals surface area (Å²) in [7, 11) is 0. The van der Waals surface area contributed by atoms with Crippen LogP contribution in [-0.4, -0.2) is 89.2 Å². The van der Waals surface area contributed by atoms with E-state index in [1.165, 1.54) is 96.3 Å². The third kappa shape index (κ3) is 41.2. The van der Waals surface area contributed by atoms with Crippen molar-refractivity contribution in [2.24, 2.45) is 0 Å². The van der Waals surface area contributed by atoms with Crippen molar-refractivity contribution in [1.29, 1.82) is 0 Å². The van der Waals surface area contributed by atoms with Gasteiger partial charge in [0.2, 0.25) is 0 Å². The van der Waals surface area contributed by atoms with Gasteiger partial charge in [0.05, 0.1) is 6.61 Å². The number of rotatable bonds is 51. The Morgan fingerprint density at radius 2 is 0.840 bits per heavy atom. The van der Waals surface area contributed by atoms with Gasteiger partial charge in [-0.1, -0.05) is 223 Å². The minimum Gasteiger partial charge on any atom is -0.479 e. The number of allylic oxidation sites excluding steroid dienone is 10. The van der Waals surface area contributed by atoms with E-state index in [2.05, 4.69) is 81.5 Å². The smallest absolute Gasteiger partial charge is 0.335 e. The number of aliphatic hydroxyl groups is 2. The van der Waals surface area contributed by atoms with Gasteiger partial charge in [-0.2, -0.15) is 0 Å². The standard InChI is InChI=1S/C63H108O12/c1-4-7-10-13-16-19-21-23-25-27-28-30-32-34-36-39-42-45-48-51-57(66)74-61-59(68)58(67)60(62(69)70)75-63(61)72-53-54(73-56(65)50-47-44-41-37-18-15-12-9-6-3)52-71-55(64)49-46-43-40-38-35-33-31-29-26-24-22-20-17-14-11-8-5-2/h7,10,16,19,23-26,28,30,54,58-61,63,67-68H,4-6,8-9,11-15,17-18,20-22,27,29,31-53H2,1-3H3,(H,69,70)/b10-7-,19-16-,25-23-,26-24-,30-28-. The number of aliphatic hydroxyl groups excluding tert-OH is 2. The molecule has 0 radical (unpaired) electrons. The zero-order valence-electron chi connectivity index (χ0n) is 47.5. The van der Waals surface area contributed by atoms with Crippen LogP contribution in [0.1, 0.15) is 265 Å². The fraction of sp³-hybridized carbons (Fsp3) is 0.778. The highest BCUT2D eigenvalue weighted by molar-refractivity contribution is 5.74. The minimum atomic E-state index is -1.91. The zero-order chi connectivity index (χ0) is 54.7. The van der Waals surface area contributed by atoms with Crippen LogP contribution in [-0.2, 0) is 42.9 Å². The summed E-state index contributed by atoms with van der Waals surface area (Å²) in [6, 6.07) is 0. The highest BCUT2D eigenvalue weighted by Crippen LogP contribution is 2.26. The number of carboxylic acids is 1. The molecule has 6 unspecified atom stereocenters. The van der Waals surface area contributed by atoms with Crippen LogP contribution in [0, 0.1) is 0 Å². The van der Waals surface area contributed by atoms with E-state index in [0.29, 0.717) is 19.3 Å². The van der Waals surface area contributed by atoms with Crippen molar-refractivity contribution in [3.63, 3.8) is 0 Å². The second-order valence-electron chi connectivity index (χ2n) is 20.6. The largest absolute Gasteiger partial charge is 0.479 e. The van der Waals surface area contributed by atoms with E-state index in [0.717, 1.165) is 109 Å². The molecule has 1 saturated heterocycles. The van der Waals surface area contributed by atoms with Crippen molar-refractivity contribution in [3.05, 3.63) is 60.8 Å². The number of hydrogen-bond donors (Lipinski definition) is 3. The first kappa shape index (κ1) is 69.4. The third-order valence-corrected chi connectivity index (χ3v) is 13.6. The Hall–Kier alpha value is -3.58. The lowest BCUT2D eigenvalue weighted by atomic mass is 9.98. The Morgan fingerprint density at radius 1 is 0.453 bits per heavy atom. The highest BCUT2D eigenvalue weighted by Gasteiger charge is 2.50. The number of aliphatic carboxylic acids is 1. The molecule has 75 heavy (non-hydrogen) atoms. The summed E-state index contributed by atoms with van der Waals surface area (Å²) < 4.78 is 28.4. The number of carbonyl (C=O) groups is 4. The molecule has 3 N–H and O–H groups in total. The summed E-state index contributed by atoms with van der Waals surface area (Å²) in [5.41, 5.74) is 0. The maximum atomic E-state index is 13.1. The van der Waals surface area contributed by atoms with Crippen molar-refractivity contribution in [2.45, 2.75) is 302 Å². The minimum absolute atomic E-state index is 0.0443. The van der Waals surface area contributed by atoms with E-state index in [1.54, 1.807) is 0 Å². The summed E-state index contributed by atoms with van der Waals surface area (Å²) in [6.45, 7) is 5.86. The molecule has 0 amide bonds. The van der Waals surface area contributed by atoms with Gasteiger partial charge in [0, 0.05) is 19.3 Å². The molecular formula is C63H108O12. The molecule has 0 saturated carbocycles. The van der Waals surface area contributed by atoms with Gasteiger partial charge < -0.3 is 39.0 Å². The molecule has 1 fully saturated rings. The van der Waals surface area contributed by atoms with Gasteiger partial charge in [-0.05, 0) is 83.5 Å². The van der Waals surface area contributed by atoms with Crippen LogP contribution in [0.3, 0.4) is 0 Å². The molecule has 0 aliphatic carbocycles. The number of esters is 3. The molecule has 1 rings (SSSR count). The van der Waals surface area contributed by atoms with Crippen LogP contribution in [0.2, 0.25) is 0 Å². The van der Waals surface area contributed by atoms with E-state index in [1.807, 2.05) is 0 Å². The molecule has 0 spiro atoms. The van der Waals surface area contributed by atoms with Crippen LogP contribution in [0.25, 0.3) is 0 Å². The van der Waals surface area contributed by atoms with Crippen LogP contribution in [0.15, 0.2) is 60.8 Å². The number of carbonyl (C=O) groups excluding carboxylic acids is 3. The summed E-state index contributed by atoms with van der Waals surface area (Å²) in [5.74, 6) is -3.13. The topological polar surface area (TPSA) is 175 Å². The molecule has 0 aromatic rings. The molecule has 1 aliphatic heterocycles. The number of ether oxygens (including phenoxy) is 5. The molecule has 432 valence electrons. The number of hydrogen-bond acceptors (Lipinski definition) is 11. The van der Waals surface area contributed by atoms with Crippen molar-refractivity contribution >= 4 is 23.9 Å². The lowest BCUT2D eigenvalue weighted by Gasteiger charge is -2.40. The SMILES string of the molecule is CC/C=C\C/C=C\C/C=C\C/C=C\CCCCCCCCC(=O)OC1C(OCC(COC(=O)CCCCCCCCC/C=C\CCCCCCCC)OC(=O)CCCCCCCCCCC)OC(C(=O)O)C(O)C1O. The molecule has 1 aliphatic rings. The second-order valence-corrected chi connectivity index (χ2v) is 20.6. The highest BCUT2D eigenvalue weighted by atomic mass is 16.7. The quantitative estimate of drug-likeness (QED) is 0.0228. The first-order valence-corrected chi connectivity index (χ1v) is 30.3. The molecular weight excluding hydrogens is 949 g/mol. The third-order valence-electron chi connectivity index (χ3n) is 13.6. The van der Waals surface area contributed by atoms with E-state index < -0.39 is 67.3 Å². The van der Waals surface area contributed by atoms with Crippen molar-refractivity contribution in [3.8, 4) is 0 Å². The normalized spacial score (nSPS) is 18.5. The van der Waals surface area contributed by atoms with Gasteiger partial charge in [-0.25, -0.2) is 4.79 Å². The molecule has 0 bridgehead atoms. The summed E-state index contributed by atoms with van der Waals surface area (Å²) in [4.78, 5) is 51.0. The van der Waals surface area contributed by atoms with Crippen LogP contribution in [0.4, 0.5) is 0 Å². The van der Waals surface area contributed by atoms with Gasteiger partial charge in [0.1, 0.15) is 18.8 Å². The fourth-order valence-corrected chi connectivity index (χ4v) is 8.94. The Kier molecular flexibility index (Phi) is 47.4. The Balaban J connectivity index is 2.63. The maximum absolute atomic E-state index is 13.1. The van der Waals surface area contributed by atoms with E-state index in [9.17, 15) is 34.5 Å². The van der Waals surface area contributed by atoms with Crippen LogP contribution >= 0.6 is 0 Å². The van der Waals surface area contributed by atoms with Gasteiger partial charge in [-0.15, -0.1) is 0 Å². The summed E-state index contributed by atoms with van der Waals surface area (Å²) in [5, 5.41) is 31.5. The molecule has 0 aromatic carbocycles. The first-order valence-electron chi connectivity index (χ1n) is 30.3. The molecule has 12 heteroatoms. The molecule has 1 heterocycles. The van der Waals surface area contributed by atoms with Crippen LogP contribution in [0.5, 0.6) is 0 Å². The zero-order valence-corrected chi connectivity index (χ0v) is 47.5. The fourth-order valence-electron chi connectivity index (χ4n) is 8.94. The van der Waals surface area contributed by atoms with E-state index in [-0.39, 0.29) is 25.9 Å². The van der Waals surface area contributed by atoms with Gasteiger partial charge >= 0.3 is 23.9 Å². The molecule has 12 nitrogen and oxygen atoms in total. The van der Waals surface area contributed by atoms with Gasteiger partial charge in [-0.3, -0.25) is 14.4 Å². The predicted molar refractivity (Wildman–Crippen MR) is 303 cm³/mol. The van der Waals surface area contributed by atoms with Crippen molar-refractivity contribution in [2.75, 3.05) is 13.2 Å². The Bertz CT molecular complexity index is 1540. The average molecular weight is 1060 g/mol. The van der Waals surface area contributed by atoms with Crippen molar-refractivity contribution in [1.82, 2.24) is 0 Å². The maximum Gasteiger partial charge on any atom is 0.335 e. The van der Waals surface area contributed by atoms with Gasteiger partial charge in [0.15, 0.2) is 24.6 Å². The predicted octanol–water partition coefficient (Wildman–Crippen LogP) is 15.6. The lowest BCUT2D eigenvalue weighted by molar-refractivity contribution is -0.301. The molecule has 6 atom stereocenters. The second kappa shape index (κ2) is 51.2. The van der Waals surface area contributed by atoms with E-state index in [4.69, 9.17) is 23.7 Å².